The van der Waals surface area contributed by atoms with E-state index in [0.29, 0.717) is 5.82 Å². The topological polar surface area (TPSA) is 59.8 Å². The number of amides is 1. The van der Waals surface area contributed by atoms with E-state index >= 15 is 0 Å². The molecule has 0 unspecified atom stereocenters. The molecule has 26 heavy (non-hydrogen) atoms. The summed E-state index contributed by atoms with van der Waals surface area (Å²) in [6.07, 6.45) is 8.10. The van der Waals surface area contributed by atoms with Crippen molar-refractivity contribution in [3.8, 4) is 0 Å². The quantitative estimate of drug-likeness (QED) is 0.668. The molecule has 0 radical (unpaired) electrons. The van der Waals surface area contributed by atoms with Crippen LogP contribution in [0, 0.1) is 0 Å². The maximum Gasteiger partial charge on any atom is 0.236 e. The molecule has 1 aromatic carbocycles. The molecule has 2 aromatic heterocycles. The first-order chi connectivity index (χ1) is 12.7. The highest BCUT2D eigenvalue weighted by atomic mass is 79.9. The number of pyridine rings is 1. The number of aromatic nitrogens is 3. The summed E-state index contributed by atoms with van der Waals surface area (Å²) in [6, 6.07) is 13.8. The molecule has 6 heteroatoms. The van der Waals surface area contributed by atoms with Crippen LogP contribution in [0.5, 0.6) is 0 Å². The normalized spacial score (nSPS) is 14.8. The van der Waals surface area contributed by atoms with Gasteiger partial charge >= 0.3 is 0 Å². The molecule has 1 fully saturated rings. The molecule has 5 nitrogen and oxygen atoms in total. The van der Waals surface area contributed by atoms with Crippen LogP contribution in [0.15, 0.2) is 65.5 Å². The molecule has 0 aliphatic heterocycles. The highest BCUT2D eigenvalue weighted by Gasteiger charge is 2.51. The lowest BCUT2D eigenvalue weighted by molar-refractivity contribution is -0.118. The van der Waals surface area contributed by atoms with Crippen molar-refractivity contribution in [2.75, 3.05) is 5.32 Å². The second kappa shape index (κ2) is 7.03. The second-order valence-corrected chi connectivity index (χ2v) is 7.53. The number of nitrogens with one attached hydrogen (secondary N) is 1. The number of carbonyl (C=O) groups excluding carboxylic acids is 1. The third kappa shape index (κ3) is 3.55. The number of halogens is 1. The fourth-order valence-corrected chi connectivity index (χ4v) is 3.54. The Morgan fingerprint density at radius 1 is 1.19 bits per heavy atom. The number of nitrogens with zero attached hydrogens (tertiary/aromatic N) is 3. The van der Waals surface area contributed by atoms with E-state index in [9.17, 15) is 4.79 Å². The van der Waals surface area contributed by atoms with Gasteiger partial charge in [-0.15, -0.1) is 0 Å². The van der Waals surface area contributed by atoms with Gasteiger partial charge in [0, 0.05) is 35.7 Å². The van der Waals surface area contributed by atoms with E-state index in [-0.39, 0.29) is 5.91 Å². The van der Waals surface area contributed by atoms with Crippen molar-refractivity contribution in [2.45, 2.75) is 31.2 Å². The van der Waals surface area contributed by atoms with Crippen LogP contribution in [0.1, 0.15) is 24.0 Å². The molecule has 0 saturated heterocycles. The Labute approximate surface area is 160 Å². The van der Waals surface area contributed by atoms with Gasteiger partial charge < -0.3 is 5.32 Å². The van der Waals surface area contributed by atoms with E-state index < -0.39 is 5.41 Å². The number of benzene rings is 1. The van der Waals surface area contributed by atoms with Gasteiger partial charge in [-0.1, -0.05) is 28.1 Å². The van der Waals surface area contributed by atoms with Gasteiger partial charge in [0.05, 0.1) is 5.41 Å². The van der Waals surface area contributed by atoms with E-state index in [2.05, 4.69) is 31.3 Å². The van der Waals surface area contributed by atoms with Crippen molar-refractivity contribution in [1.82, 2.24) is 14.8 Å². The molecule has 0 atom stereocenters. The lowest BCUT2D eigenvalue weighted by Gasteiger charge is -2.15. The van der Waals surface area contributed by atoms with E-state index in [4.69, 9.17) is 0 Å². The van der Waals surface area contributed by atoms with Crippen LogP contribution in [0.2, 0.25) is 0 Å². The predicted octanol–water partition coefficient (Wildman–Crippen LogP) is 3.95. The van der Waals surface area contributed by atoms with Crippen LogP contribution < -0.4 is 5.32 Å². The van der Waals surface area contributed by atoms with Crippen LogP contribution in [0.4, 0.5) is 5.82 Å². The fraction of sp³-hybridized carbons (Fsp3) is 0.250. The molecule has 0 spiro atoms. The zero-order chi connectivity index (χ0) is 18.0. The average Bonchev–Trinajstić information content (AvgIpc) is 3.36. The first-order valence-electron chi connectivity index (χ1n) is 8.66. The van der Waals surface area contributed by atoms with Crippen molar-refractivity contribution < 1.29 is 4.79 Å². The molecule has 1 amide bonds. The third-order valence-electron chi connectivity index (χ3n) is 4.82. The molecule has 1 aliphatic rings. The molecule has 132 valence electrons. The van der Waals surface area contributed by atoms with Crippen molar-refractivity contribution in [2.24, 2.45) is 0 Å². The number of aryl methyl sites for hydroxylation is 2. The predicted molar refractivity (Wildman–Crippen MR) is 104 cm³/mol. The number of carbonyl (C=O) groups is 1. The summed E-state index contributed by atoms with van der Waals surface area (Å²) in [6.45, 7) is 0.761. The Morgan fingerprint density at radius 3 is 2.73 bits per heavy atom. The largest absolute Gasteiger partial charge is 0.308 e. The minimum absolute atomic E-state index is 0.0231. The lowest BCUT2D eigenvalue weighted by atomic mass is 9.95. The Hall–Kier alpha value is -2.47. The summed E-state index contributed by atoms with van der Waals surface area (Å²) < 4.78 is 2.85. The van der Waals surface area contributed by atoms with Gasteiger partial charge in [-0.2, -0.15) is 5.10 Å². The molecular weight excluding hydrogens is 392 g/mol. The molecule has 1 aliphatic carbocycles. The van der Waals surface area contributed by atoms with Crippen molar-refractivity contribution in [1.29, 1.82) is 0 Å². The molecule has 0 bridgehead atoms. The lowest BCUT2D eigenvalue weighted by Crippen LogP contribution is -2.28. The average molecular weight is 411 g/mol. The van der Waals surface area contributed by atoms with Crippen LogP contribution in [-0.4, -0.2) is 20.7 Å². The smallest absolute Gasteiger partial charge is 0.236 e. The summed E-state index contributed by atoms with van der Waals surface area (Å²) in [5, 5.41) is 7.46. The minimum Gasteiger partial charge on any atom is -0.308 e. The Morgan fingerprint density at radius 2 is 2.00 bits per heavy atom. The van der Waals surface area contributed by atoms with Gasteiger partial charge in [0.2, 0.25) is 5.91 Å². The number of rotatable bonds is 6. The summed E-state index contributed by atoms with van der Waals surface area (Å²) in [4.78, 5) is 16.8. The molecule has 2 heterocycles. The Kier molecular flexibility index (Phi) is 4.59. The monoisotopic (exact) mass is 410 g/mol. The van der Waals surface area contributed by atoms with Crippen LogP contribution >= 0.6 is 15.9 Å². The van der Waals surface area contributed by atoms with E-state index in [1.165, 1.54) is 5.56 Å². The Balaban J connectivity index is 1.40. The molecule has 3 aromatic rings. The first kappa shape index (κ1) is 17.0. The SMILES string of the molecule is O=C(Nc1ccn(CCc2ccncc2)n1)C1(c2cccc(Br)c2)CC1. The van der Waals surface area contributed by atoms with Gasteiger partial charge in [-0.25, -0.2) is 0 Å². The minimum atomic E-state index is -0.412. The first-order valence-corrected chi connectivity index (χ1v) is 9.45. The van der Waals surface area contributed by atoms with Crippen LogP contribution in [0.25, 0.3) is 0 Å². The molecule has 1 saturated carbocycles. The Bertz CT molecular complexity index is 918. The number of hydrogen-bond acceptors (Lipinski definition) is 3. The maximum atomic E-state index is 12.8. The van der Waals surface area contributed by atoms with E-state index in [1.807, 2.05) is 53.3 Å². The van der Waals surface area contributed by atoms with Crippen molar-refractivity contribution in [3.05, 3.63) is 76.7 Å². The molecule has 1 N–H and O–H groups in total. The summed E-state index contributed by atoms with van der Waals surface area (Å²) in [5.74, 6) is 0.626. The van der Waals surface area contributed by atoms with Gasteiger partial charge in [0.1, 0.15) is 0 Å². The maximum absolute atomic E-state index is 12.8. The summed E-state index contributed by atoms with van der Waals surface area (Å²) >= 11 is 3.49. The molecule has 4 rings (SSSR count). The summed E-state index contributed by atoms with van der Waals surface area (Å²) in [7, 11) is 0. The van der Waals surface area contributed by atoms with Gasteiger partial charge in [0.25, 0.3) is 0 Å². The van der Waals surface area contributed by atoms with Gasteiger partial charge in [-0.05, 0) is 54.7 Å². The summed E-state index contributed by atoms with van der Waals surface area (Å²) in [5.41, 5.74) is 1.86. The van der Waals surface area contributed by atoms with E-state index in [1.54, 1.807) is 12.4 Å². The van der Waals surface area contributed by atoms with E-state index in [0.717, 1.165) is 35.8 Å². The third-order valence-corrected chi connectivity index (χ3v) is 5.32. The van der Waals surface area contributed by atoms with Crippen molar-refractivity contribution in [3.63, 3.8) is 0 Å². The van der Waals surface area contributed by atoms with Crippen LogP contribution in [-0.2, 0) is 23.2 Å². The zero-order valence-electron chi connectivity index (χ0n) is 14.2. The standard InChI is InChI=1S/C20H19BrN4O/c21-17-3-1-2-16(14-17)20(8-9-20)19(26)23-18-7-13-25(24-18)12-6-15-4-10-22-11-5-15/h1-5,7,10-11,13-14H,6,8-9,12H2,(H,23,24,26). The second-order valence-electron chi connectivity index (χ2n) is 6.62. The highest BCUT2D eigenvalue weighted by Crippen LogP contribution is 2.49. The van der Waals surface area contributed by atoms with Crippen molar-refractivity contribution >= 4 is 27.7 Å². The fourth-order valence-electron chi connectivity index (χ4n) is 3.14. The van der Waals surface area contributed by atoms with Gasteiger partial charge in [0.15, 0.2) is 5.82 Å². The van der Waals surface area contributed by atoms with Gasteiger partial charge in [-0.3, -0.25) is 14.5 Å². The van der Waals surface area contributed by atoms with Crippen LogP contribution in [0.3, 0.4) is 0 Å². The zero-order valence-corrected chi connectivity index (χ0v) is 15.8. The highest BCUT2D eigenvalue weighted by molar-refractivity contribution is 9.10. The molecular formula is C20H19BrN4O. The number of anilines is 1. The number of hydrogen-bond donors (Lipinski definition) is 1.